The first-order valence-corrected chi connectivity index (χ1v) is 13.4. The van der Waals surface area contributed by atoms with E-state index in [4.69, 9.17) is 9.47 Å². The van der Waals surface area contributed by atoms with Crippen LogP contribution in [0.25, 0.3) is 0 Å². The third-order valence-corrected chi connectivity index (χ3v) is 7.54. The van der Waals surface area contributed by atoms with Gasteiger partial charge in [-0.05, 0) is 48.4 Å². The van der Waals surface area contributed by atoms with E-state index in [0.717, 1.165) is 17.7 Å². The Morgan fingerprint density at radius 3 is 2.47 bits per heavy atom. The highest BCUT2D eigenvalue weighted by Gasteiger charge is 2.27. The van der Waals surface area contributed by atoms with Gasteiger partial charge in [-0.15, -0.1) is 0 Å². The number of nitrogens with one attached hydrogen (secondary N) is 3. The molecule has 3 N–H and O–H groups in total. The van der Waals surface area contributed by atoms with Crippen molar-refractivity contribution in [3.63, 3.8) is 0 Å². The van der Waals surface area contributed by atoms with E-state index >= 15 is 0 Å². The summed E-state index contributed by atoms with van der Waals surface area (Å²) in [5.74, 6) is -1.50. The van der Waals surface area contributed by atoms with Crippen molar-refractivity contribution < 1.29 is 31.9 Å². The van der Waals surface area contributed by atoms with Crippen molar-refractivity contribution in [3.05, 3.63) is 89.7 Å². The second-order valence-corrected chi connectivity index (χ2v) is 10.4. The maximum Gasteiger partial charge on any atom is 0.251 e. The van der Waals surface area contributed by atoms with Crippen molar-refractivity contribution >= 4 is 27.5 Å². The predicted molar refractivity (Wildman–Crippen MR) is 139 cm³/mol. The van der Waals surface area contributed by atoms with Gasteiger partial charge in [-0.2, -0.15) is 0 Å². The molecule has 200 valence electrons. The van der Waals surface area contributed by atoms with Crippen LogP contribution in [0.1, 0.15) is 22.3 Å². The fraction of sp³-hybridized carbons (Fsp3) is 0.259. The zero-order valence-corrected chi connectivity index (χ0v) is 21.5. The number of rotatable bonds is 10. The standard InChI is InChI=1S/C27H28FN3O6S/c1-36-24-16-21(11-12-25(24)38(34,35)31-22-13-14-37-17-22)29-27(33)23(15-18-5-3-2-4-6-18)30-26(32)19-7-9-20(28)10-8-19/h2-12,16,22-23,31H,13-15,17H2,1H3,(H,29,33)(H,30,32)/t22-,23+/m1/s1. The lowest BCUT2D eigenvalue weighted by atomic mass is 10.0. The molecule has 0 aliphatic carbocycles. The Morgan fingerprint density at radius 1 is 1.08 bits per heavy atom. The number of carbonyl (C=O) groups is 2. The van der Waals surface area contributed by atoms with E-state index in [1.165, 1.54) is 37.4 Å². The van der Waals surface area contributed by atoms with Crippen molar-refractivity contribution in [2.24, 2.45) is 0 Å². The topological polar surface area (TPSA) is 123 Å². The van der Waals surface area contributed by atoms with Gasteiger partial charge in [-0.3, -0.25) is 9.59 Å². The molecule has 3 aromatic carbocycles. The quantitative estimate of drug-likeness (QED) is 0.363. The second-order valence-electron chi connectivity index (χ2n) is 8.76. The lowest BCUT2D eigenvalue weighted by Crippen LogP contribution is -2.45. The van der Waals surface area contributed by atoms with E-state index in [-0.39, 0.29) is 34.4 Å². The van der Waals surface area contributed by atoms with Crippen LogP contribution in [0.4, 0.5) is 10.1 Å². The van der Waals surface area contributed by atoms with Gasteiger partial charge in [0.1, 0.15) is 22.5 Å². The number of methoxy groups -OCH3 is 1. The summed E-state index contributed by atoms with van der Waals surface area (Å²) in [4.78, 5) is 26.0. The first kappa shape index (κ1) is 27.2. The highest BCUT2D eigenvalue weighted by atomic mass is 32.2. The van der Waals surface area contributed by atoms with Gasteiger partial charge in [0.25, 0.3) is 5.91 Å². The smallest absolute Gasteiger partial charge is 0.251 e. The number of sulfonamides is 1. The van der Waals surface area contributed by atoms with E-state index in [2.05, 4.69) is 15.4 Å². The Hall–Kier alpha value is -3.80. The van der Waals surface area contributed by atoms with E-state index in [9.17, 15) is 22.4 Å². The zero-order valence-electron chi connectivity index (χ0n) is 20.6. The van der Waals surface area contributed by atoms with Crippen molar-refractivity contribution in [3.8, 4) is 5.75 Å². The molecule has 38 heavy (non-hydrogen) atoms. The molecule has 0 bridgehead atoms. The van der Waals surface area contributed by atoms with E-state index in [1.807, 2.05) is 30.3 Å². The average molecular weight is 542 g/mol. The number of amides is 2. The van der Waals surface area contributed by atoms with Crippen LogP contribution in [0.15, 0.2) is 77.7 Å². The summed E-state index contributed by atoms with van der Waals surface area (Å²) >= 11 is 0. The molecule has 0 unspecified atom stereocenters. The molecule has 1 saturated heterocycles. The Balaban J connectivity index is 1.53. The summed E-state index contributed by atoms with van der Waals surface area (Å²) in [7, 11) is -2.56. The number of hydrogen-bond donors (Lipinski definition) is 3. The van der Waals surface area contributed by atoms with Crippen LogP contribution in [0, 0.1) is 5.82 Å². The van der Waals surface area contributed by atoms with Gasteiger partial charge in [-0.1, -0.05) is 30.3 Å². The Kier molecular flexibility index (Phi) is 8.72. The molecule has 1 heterocycles. The van der Waals surface area contributed by atoms with Crippen LogP contribution in [0.2, 0.25) is 0 Å². The minimum atomic E-state index is -3.89. The summed E-state index contributed by atoms with van der Waals surface area (Å²) in [6.45, 7) is 0.777. The fourth-order valence-electron chi connectivity index (χ4n) is 4.01. The number of benzene rings is 3. The molecule has 0 radical (unpaired) electrons. The molecule has 0 spiro atoms. The molecule has 4 rings (SSSR count). The van der Waals surface area contributed by atoms with Crippen LogP contribution in [0.5, 0.6) is 5.75 Å². The zero-order chi connectivity index (χ0) is 27.1. The van der Waals surface area contributed by atoms with Gasteiger partial charge in [-0.25, -0.2) is 17.5 Å². The van der Waals surface area contributed by atoms with Gasteiger partial charge < -0.3 is 20.1 Å². The lowest BCUT2D eigenvalue weighted by molar-refractivity contribution is -0.118. The van der Waals surface area contributed by atoms with Crippen LogP contribution < -0.4 is 20.1 Å². The van der Waals surface area contributed by atoms with E-state index < -0.39 is 33.7 Å². The molecule has 1 aliphatic heterocycles. The summed E-state index contributed by atoms with van der Waals surface area (Å²) in [6.07, 6.45) is 0.763. The minimum Gasteiger partial charge on any atom is -0.495 e. The Labute approximate surface area is 220 Å². The fourth-order valence-corrected chi connectivity index (χ4v) is 5.42. The summed E-state index contributed by atoms with van der Waals surface area (Å²) in [5, 5.41) is 5.43. The Bertz CT molecular complexity index is 1380. The Morgan fingerprint density at radius 2 is 1.82 bits per heavy atom. The third kappa shape index (κ3) is 6.94. The van der Waals surface area contributed by atoms with Gasteiger partial charge in [0.05, 0.1) is 13.7 Å². The maximum absolute atomic E-state index is 13.3. The molecule has 0 aromatic heterocycles. The molecule has 1 aliphatic rings. The van der Waals surface area contributed by atoms with Crippen LogP contribution in [0.3, 0.4) is 0 Å². The van der Waals surface area contributed by atoms with Gasteiger partial charge in [0, 0.05) is 36.4 Å². The SMILES string of the molecule is COc1cc(NC(=O)[C@H](Cc2ccccc2)NC(=O)c2ccc(F)cc2)ccc1S(=O)(=O)N[C@@H]1CCOC1. The molecule has 0 saturated carbocycles. The van der Waals surface area contributed by atoms with Crippen molar-refractivity contribution in [2.45, 2.75) is 29.8 Å². The van der Waals surface area contributed by atoms with Crippen molar-refractivity contribution in [1.82, 2.24) is 10.0 Å². The van der Waals surface area contributed by atoms with E-state index in [1.54, 1.807) is 0 Å². The number of hydrogen-bond acceptors (Lipinski definition) is 6. The normalized spacial score (nSPS) is 16.0. The molecule has 9 nitrogen and oxygen atoms in total. The predicted octanol–water partition coefficient (Wildman–Crippen LogP) is 2.88. The molecular formula is C27H28FN3O6S. The summed E-state index contributed by atoms with van der Waals surface area (Å²) < 4.78 is 52.2. The molecule has 3 aromatic rings. The summed E-state index contributed by atoms with van der Waals surface area (Å²) in [5.41, 5.74) is 1.30. The second kappa shape index (κ2) is 12.2. The first-order valence-electron chi connectivity index (χ1n) is 11.9. The van der Waals surface area contributed by atoms with Gasteiger partial charge in [0.15, 0.2) is 0 Å². The maximum atomic E-state index is 13.3. The number of carbonyl (C=O) groups excluding carboxylic acids is 2. The number of ether oxygens (including phenoxy) is 2. The summed E-state index contributed by atoms with van der Waals surface area (Å²) in [6, 6.07) is 17.0. The molecular weight excluding hydrogens is 513 g/mol. The largest absolute Gasteiger partial charge is 0.495 e. The van der Waals surface area contributed by atoms with Crippen LogP contribution in [-0.4, -0.2) is 52.6 Å². The van der Waals surface area contributed by atoms with Crippen molar-refractivity contribution in [1.29, 1.82) is 0 Å². The third-order valence-electron chi connectivity index (χ3n) is 5.98. The monoisotopic (exact) mass is 541 g/mol. The molecule has 11 heteroatoms. The van der Waals surface area contributed by atoms with Gasteiger partial charge >= 0.3 is 0 Å². The molecule has 2 atom stereocenters. The van der Waals surface area contributed by atoms with Crippen molar-refractivity contribution in [2.75, 3.05) is 25.6 Å². The van der Waals surface area contributed by atoms with Crippen LogP contribution >= 0.6 is 0 Å². The van der Waals surface area contributed by atoms with Gasteiger partial charge in [0.2, 0.25) is 15.9 Å². The van der Waals surface area contributed by atoms with Crippen LogP contribution in [-0.2, 0) is 26.0 Å². The number of halogens is 1. The molecule has 1 fully saturated rings. The van der Waals surface area contributed by atoms with E-state index in [0.29, 0.717) is 19.6 Å². The first-order chi connectivity index (χ1) is 18.2. The minimum absolute atomic E-state index is 0.0455. The average Bonchev–Trinajstić information content (AvgIpc) is 3.41. The molecule has 2 amide bonds. The number of anilines is 1. The lowest BCUT2D eigenvalue weighted by Gasteiger charge is -2.20. The highest BCUT2D eigenvalue weighted by molar-refractivity contribution is 7.89. The highest BCUT2D eigenvalue weighted by Crippen LogP contribution is 2.28.